The number of hydrogen-bond acceptors (Lipinski definition) is 5. The molecule has 7 nitrogen and oxygen atoms in total. The van der Waals surface area contributed by atoms with E-state index >= 15 is 0 Å². The molecule has 0 amide bonds. The van der Waals surface area contributed by atoms with Gasteiger partial charge in [-0.1, -0.05) is 11.6 Å². The Labute approximate surface area is 163 Å². The molecule has 1 atom stereocenters. The average molecular weight is 402 g/mol. The van der Waals surface area contributed by atoms with Crippen LogP contribution < -0.4 is 4.90 Å². The van der Waals surface area contributed by atoms with Crippen LogP contribution in [0.4, 0.5) is 14.6 Å². The van der Waals surface area contributed by atoms with Crippen LogP contribution in [0.1, 0.15) is 35.1 Å². The van der Waals surface area contributed by atoms with Crippen molar-refractivity contribution in [2.75, 3.05) is 11.4 Å². The molecule has 4 aromatic rings. The Morgan fingerprint density at radius 1 is 1.29 bits per heavy atom. The molecule has 0 aliphatic carbocycles. The van der Waals surface area contributed by atoms with E-state index in [0.29, 0.717) is 23.6 Å². The van der Waals surface area contributed by atoms with Crippen LogP contribution in [0, 0.1) is 0 Å². The molecule has 5 rings (SSSR count). The molecule has 0 spiro atoms. The zero-order valence-electron chi connectivity index (χ0n) is 14.4. The van der Waals surface area contributed by atoms with Gasteiger partial charge in [-0.25, -0.2) is 23.3 Å². The smallest absolute Gasteiger partial charge is 0.265 e. The molecule has 5 heterocycles. The Bertz CT molecular complexity index is 1160. The Kier molecular flexibility index (Phi) is 3.97. The number of rotatable bonds is 3. The Morgan fingerprint density at radius 3 is 3.00 bits per heavy atom. The van der Waals surface area contributed by atoms with Gasteiger partial charge in [-0.2, -0.15) is 5.10 Å². The van der Waals surface area contributed by atoms with Crippen molar-refractivity contribution in [3.05, 3.63) is 70.9 Å². The fourth-order valence-electron chi connectivity index (χ4n) is 3.67. The molecule has 0 saturated carbocycles. The third kappa shape index (κ3) is 2.70. The maximum Gasteiger partial charge on any atom is 0.265 e. The van der Waals surface area contributed by atoms with Gasteiger partial charge in [0.1, 0.15) is 17.0 Å². The maximum atomic E-state index is 13.4. The predicted molar refractivity (Wildman–Crippen MR) is 98.7 cm³/mol. The largest absolute Gasteiger partial charge is 0.348 e. The highest BCUT2D eigenvalue weighted by molar-refractivity contribution is 6.29. The Morgan fingerprint density at radius 2 is 2.18 bits per heavy atom. The minimum Gasteiger partial charge on any atom is -0.348 e. The minimum absolute atomic E-state index is 0.0617. The van der Waals surface area contributed by atoms with Crippen molar-refractivity contribution >= 4 is 22.9 Å². The quantitative estimate of drug-likeness (QED) is 0.568. The number of alkyl halides is 2. The van der Waals surface area contributed by atoms with Crippen LogP contribution in [-0.2, 0) is 6.42 Å². The van der Waals surface area contributed by atoms with Crippen LogP contribution in [0.15, 0.2) is 43.1 Å². The third-order valence-corrected chi connectivity index (χ3v) is 5.06. The fourth-order valence-corrected chi connectivity index (χ4v) is 3.81. The SMILES string of the molecule is FC(F)c1cccn2nc([C@H]3c4nc[nH]c4CCN3c3cncc(Cl)n3)cc12. The number of anilines is 1. The molecule has 4 aromatic heterocycles. The van der Waals surface area contributed by atoms with Crippen molar-refractivity contribution in [2.24, 2.45) is 0 Å². The van der Waals surface area contributed by atoms with E-state index < -0.39 is 12.5 Å². The maximum absolute atomic E-state index is 13.4. The van der Waals surface area contributed by atoms with E-state index in [1.807, 2.05) is 4.90 Å². The lowest BCUT2D eigenvalue weighted by molar-refractivity contribution is 0.152. The summed E-state index contributed by atoms with van der Waals surface area (Å²) in [5.74, 6) is 0.581. The molecule has 0 aromatic carbocycles. The first-order chi connectivity index (χ1) is 13.6. The number of H-pyrrole nitrogens is 1. The molecule has 28 heavy (non-hydrogen) atoms. The first kappa shape index (κ1) is 17.1. The summed E-state index contributed by atoms with van der Waals surface area (Å²) in [5, 5.41) is 4.84. The fraction of sp³-hybridized carbons (Fsp3) is 0.222. The van der Waals surface area contributed by atoms with E-state index in [1.54, 1.807) is 30.9 Å². The molecule has 0 fully saturated rings. The molecular weight excluding hydrogens is 388 g/mol. The molecule has 142 valence electrons. The highest BCUT2D eigenvalue weighted by Crippen LogP contribution is 2.36. The molecule has 0 saturated heterocycles. The van der Waals surface area contributed by atoms with Crippen LogP contribution in [0.3, 0.4) is 0 Å². The summed E-state index contributed by atoms with van der Waals surface area (Å²) < 4.78 is 28.3. The number of imidazole rings is 1. The number of hydrogen-bond donors (Lipinski definition) is 1. The Balaban J connectivity index is 1.68. The van der Waals surface area contributed by atoms with Gasteiger partial charge in [-0.3, -0.25) is 4.98 Å². The van der Waals surface area contributed by atoms with Crippen LogP contribution in [0.25, 0.3) is 5.52 Å². The number of aromatic amines is 1. The van der Waals surface area contributed by atoms with Crippen LogP contribution >= 0.6 is 11.6 Å². The number of aromatic nitrogens is 6. The molecule has 0 bridgehead atoms. The molecule has 10 heteroatoms. The summed E-state index contributed by atoms with van der Waals surface area (Å²) in [7, 11) is 0. The highest BCUT2D eigenvalue weighted by Gasteiger charge is 2.34. The second-order valence-electron chi connectivity index (χ2n) is 6.48. The molecule has 0 unspecified atom stereocenters. The number of halogens is 3. The third-order valence-electron chi connectivity index (χ3n) is 4.88. The number of pyridine rings is 1. The first-order valence-corrected chi connectivity index (χ1v) is 9.02. The molecule has 1 aliphatic heterocycles. The van der Waals surface area contributed by atoms with Gasteiger partial charge in [0.2, 0.25) is 0 Å². The van der Waals surface area contributed by atoms with Crippen LogP contribution in [-0.4, -0.2) is 36.1 Å². The van der Waals surface area contributed by atoms with Gasteiger partial charge >= 0.3 is 0 Å². The topological polar surface area (TPSA) is 75.0 Å². The Hall–Kier alpha value is -3.07. The summed E-state index contributed by atoms with van der Waals surface area (Å²) >= 11 is 6.03. The van der Waals surface area contributed by atoms with Gasteiger partial charge in [-0.15, -0.1) is 0 Å². The van der Waals surface area contributed by atoms with Gasteiger partial charge < -0.3 is 9.88 Å². The lowest BCUT2D eigenvalue weighted by Gasteiger charge is -2.34. The summed E-state index contributed by atoms with van der Waals surface area (Å²) in [5.41, 5.74) is 2.68. The van der Waals surface area contributed by atoms with Crippen molar-refractivity contribution < 1.29 is 8.78 Å². The monoisotopic (exact) mass is 401 g/mol. The highest BCUT2D eigenvalue weighted by atomic mass is 35.5. The lowest BCUT2D eigenvalue weighted by atomic mass is 9.99. The predicted octanol–water partition coefficient (Wildman–Crippen LogP) is 3.59. The number of fused-ring (bicyclic) bond motifs is 2. The summed E-state index contributed by atoms with van der Waals surface area (Å²) in [6.07, 6.45) is 4.51. The first-order valence-electron chi connectivity index (χ1n) is 8.64. The van der Waals surface area contributed by atoms with E-state index in [2.05, 4.69) is 25.0 Å². The molecule has 1 aliphatic rings. The van der Waals surface area contributed by atoms with Gasteiger partial charge in [-0.05, 0) is 18.2 Å². The summed E-state index contributed by atoms with van der Waals surface area (Å²) in [4.78, 5) is 18.1. The van der Waals surface area contributed by atoms with Crippen molar-refractivity contribution in [1.82, 2.24) is 29.5 Å². The van der Waals surface area contributed by atoms with E-state index in [0.717, 1.165) is 17.8 Å². The molecule has 1 N–H and O–H groups in total. The van der Waals surface area contributed by atoms with E-state index in [-0.39, 0.29) is 10.7 Å². The second-order valence-corrected chi connectivity index (χ2v) is 6.86. The van der Waals surface area contributed by atoms with Crippen LogP contribution in [0.5, 0.6) is 0 Å². The zero-order valence-corrected chi connectivity index (χ0v) is 15.2. The number of nitrogens with one attached hydrogen (secondary N) is 1. The van der Waals surface area contributed by atoms with Gasteiger partial charge in [0.25, 0.3) is 6.43 Å². The van der Waals surface area contributed by atoms with Crippen molar-refractivity contribution in [3.8, 4) is 0 Å². The normalized spacial score (nSPS) is 16.7. The van der Waals surface area contributed by atoms with Crippen molar-refractivity contribution in [1.29, 1.82) is 0 Å². The second kappa shape index (κ2) is 6.52. The zero-order chi connectivity index (χ0) is 19.3. The minimum atomic E-state index is -2.59. The molecular formula is C18H14ClF2N7. The van der Waals surface area contributed by atoms with E-state index in [4.69, 9.17) is 11.6 Å². The van der Waals surface area contributed by atoms with Gasteiger partial charge in [0.15, 0.2) is 0 Å². The number of nitrogens with zero attached hydrogens (tertiary/aromatic N) is 6. The van der Waals surface area contributed by atoms with Crippen molar-refractivity contribution in [2.45, 2.75) is 18.9 Å². The summed E-state index contributed by atoms with van der Waals surface area (Å²) in [6.45, 7) is 0.629. The van der Waals surface area contributed by atoms with E-state index in [1.165, 1.54) is 16.8 Å². The molecule has 0 radical (unpaired) electrons. The summed E-state index contributed by atoms with van der Waals surface area (Å²) in [6, 6.07) is 4.26. The average Bonchev–Trinajstić information content (AvgIpc) is 3.33. The van der Waals surface area contributed by atoms with Crippen LogP contribution in [0.2, 0.25) is 5.15 Å². The van der Waals surface area contributed by atoms with Crippen molar-refractivity contribution in [3.63, 3.8) is 0 Å². The lowest BCUT2D eigenvalue weighted by Crippen LogP contribution is -2.37. The van der Waals surface area contributed by atoms with Gasteiger partial charge in [0, 0.05) is 30.4 Å². The van der Waals surface area contributed by atoms with Gasteiger partial charge in [0.05, 0.1) is 35.6 Å². The standard InChI is InChI=1S/C18H14ClF2N7/c19-14-7-22-8-15(25-14)27-5-3-11-16(24-9-23-11)17(27)12-6-13-10(18(20)21)2-1-4-28(13)26-12/h1-2,4,6-9,17-18H,3,5H2,(H,23,24)/t17-/m0/s1. The van der Waals surface area contributed by atoms with E-state index in [9.17, 15) is 8.78 Å².